The zero-order valence-corrected chi connectivity index (χ0v) is 12.5. The molecule has 114 valence electrons. The van der Waals surface area contributed by atoms with Crippen molar-refractivity contribution in [3.8, 4) is 0 Å². The van der Waals surface area contributed by atoms with Crippen molar-refractivity contribution in [1.29, 1.82) is 0 Å². The van der Waals surface area contributed by atoms with Crippen molar-refractivity contribution in [2.75, 3.05) is 19.7 Å². The van der Waals surface area contributed by atoms with E-state index in [-0.39, 0.29) is 17.8 Å². The van der Waals surface area contributed by atoms with E-state index in [1.807, 2.05) is 19.1 Å². The molecule has 0 spiro atoms. The van der Waals surface area contributed by atoms with Crippen LogP contribution >= 0.6 is 0 Å². The maximum atomic E-state index is 12.1. The molecule has 1 fully saturated rings. The minimum Gasteiger partial charge on any atom is -0.466 e. The zero-order chi connectivity index (χ0) is 15.2. The third-order valence-corrected chi connectivity index (χ3v) is 3.58. The predicted molar refractivity (Wildman–Crippen MR) is 78.4 cm³/mol. The molecule has 0 bridgehead atoms. The van der Waals surface area contributed by atoms with E-state index in [1.54, 1.807) is 17.9 Å². The van der Waals surface area contributed by atoms with Gasteiger partial charge < -0.3 is 14.1 Å². The molecule has 1 aliphatic heterocycles. The molecule has 0 atom stereocenters. The highest BCUT2D eigenvalue weighted by Crippen LogP contribution is 2.19. The van der Waals surface area contributed by atoms with E-state index in [9.17, 15) is 9.59 Å². The smallest absolute Gasteiger partial charge is 0.309 e. The molecule has 21 heavy (non-hydrogen) atoms. The third kappa shape index (κ3) is 4.21. The van der Waals surface area contributed by atoms with Gasteiger partial charge in [0.25, 0.3) is 0 Å². The molecule has 0 aromatic carbocycles. The van der Waals surface area contributed by atoms with Crippen molar-refractivity contribution in [2.24, 2.45) is 5.92 Å². The summed E-state index contributed by atoms with van der Waals surface area (Å²) < 4.78 is 10.4. The van der Waals surface area contributed by atoms with Gasteiger partial charge in [-0.1, -0.05) is 0 Å². The van der Waals surface area contributed by atoms with Gasteiger partial charge >= 0.3 is 5.97 Å². The predicted octanol–water partition coefficient (Wildman–Crippen LogP) is 2.40. The number of nitrogens with zero attached hydrogens (tertiary/aromatic N) is 1. The number of piperidine rings is 1. The lowest BCUT2D eigenvalue weighted by molar-refractivity contribution is -0.150. The van der Waals surface area contributed by atoms with Gasteiger partial charge in [0.05, 0.1) is 12.5 Å². The molecule has 1 aromatic heterocycles. The molecule has 2 heterocycles. The Bertz CT molecular complexity index is 524. The third-order valence-electron chi connectivity index (χ3n) is 3.58. The molecule has 2 rings (SSSR count). The lowest BCUT2D eigenvalue weighted by atomic mass is 9.97. The standard InChI is InChI=1S/C16H21NO4/c1-3-20-16(19)13-8-10-17(11-9-13)15(18)7-6-14-5-4-12(2)21-14/h4-7,13H,3,8-11H2,1-2H3. The van der Waals surface area contributed by atoms with Gasteiger partial charge in [0, 0.05) is 19.2 Å². The van der Waals surface area contributed by atoms with Crippen LogP contribution in [0.3, 0.4) is 0 Å². The minimum absolute atomic E-state index is 0.0497. The van der Waals surface area contributed by atoms with Gasteiger partial charge in [-0.2, -0.15) is 0 Å². The van der Waals surface area contributed by atoms with Crippen LogP contribution in [0.25, 0.3) is 6.08 Å². The van der Waals surface area contributed by atoms with E-state index in [1.165, 1.54) is 6.08 Å². The fourth-order valence-corrected chi connectivity index (χ4v) is 2.40. The first kappa shape index (κ1) is 15.4. The summed E-state index contributed by atoms with van der Waals surface area (Å²) in [5.74, 6) is 1.21. The van der Waals surface area contributed by atoms with Crippen LogP contribution in [0.4, 0.5) is 0 Å². The fraction of sp³-hybridized carbons (Fsp3) is 0.500. The van der Waals surface area contributed by atoms with Crippen molar-refractivity contribution in [3.63, 3.8) is 0 Å². The van der Waals surface area contributed by atoms with E-state index in [0.29, 0.717) is 38.3 Å². The average Bonchev–Trinajstić information content (AvgIpc) is 2.91. The first-order valence-corrected chi connectivity index (χ1v) is 7.30. The van der Waals surface area contributed by atoms with Gasteiger partial charge in [-0.05, 0) is 44.9 Å². The van der Waals surface area contributed by atoms with E-state index >= 15 is 0 Å². The zero-order valence-electron chi connectivity index (χ0n) is 12.5. The molecule has 0 N–H and O–H groups in total. The Hall–Kier alpha value is -2.04. The van der Waals surface area contributed by atoms with Crippen LogP contribution < -0.4 is 0 Å². The van der Waals surface area contributed by atoms with Gasteiger partial charge in [0.1, 0.15) is 11.5 Å². The second-order valence-corrected chi connectivity index (χ2v) is 5.13. The second kappa shape index (κ2) is 7.11. The number of furan rings is 1. The molecular formula is C16H21NO4. The van der Waals surface area contributed by atoms with E-state index < -0.39 is 0 Å². The van der Waals surface area contributed by atoms with Crippen molar-refractivity contribution >= 4 is 18.0 Å². The summed E-state index contributed by atoms with van der Waals surface area (Å²) in [4.78, 5) is 25.4. The number of rotatable bonds is 4. The molecule has 0 saturated carbocycles. The van der Waals surface area contributed by atoms with Crippen LogP contribution in [0.15, 0.2) is 22.6 Å². The molecule has 1 aromatic rings. The lowest BCUT2D eigenvalue weighted by Crippen LogP contribution is -2.39. The first-order valence-electron chi connectivity index (χ1n) is 7.30. The molecule has 0 radical (unpaired) electrons. The van der Waals surface area contributed by atoms with Crippen LogP contribution in [-0.4, -0.2) is 36.5 Å². The number of carbonyl (C=O) groups excluding carboxylic acids is 2. The minimum atomic E-state index is -0.147. The topological polar surface area (TPSA) is 59.8 Å². The molecule has 1 aliphatic rings. The number of ether oxygens (including phenoxy) is 1. The fourth-order valence-electron chi connectivity index (χ4n) is 2.40. The summed E-state index contributed by atoms with van der Waals surface area (Å²) in [6.45, 7) is 5.24. The van der Waals surface area contributed by atoms with Crippen molar-refractivity contribution < 1.29 is 18.7 Å². The Morgan fingerprint density at radius 3 is 2.67 bits per heavy atom. The number of hydrogen-bond acceptors (Lipinski definition) is 4. The lowest BCUT2D eigenvalue weighted by Gasteiger charge is -2.30. The van der Waals surface area contributed by atoms with Crippen molar-refractivity contribution in [2.45, 2.75) is 26.7 Å². The Morgan fingerprint density at radius 2 is 2.10 bits per heavy atom. The molecular weight excluding hydrogens is 270 g/mol. The maximum Gasteiger partial charge on any atom is 0.309 e. The van der Waals surface area contributed by atoms with Gasteiger partial charge in [-0.3, -0.25) is 9.59 Å². The molecule has 5 heteroatoms. The molecule has 0 unspecified atom stereocenters. The molecule has 0 aliphatic carbocycles. The summed E-state index contributed by atoms with van der Waals surface area (Å²) in [6.07, 6.45) is 4.52. The van der Waals surface area contributed by atoms with Crippen molar-refractivity contribution in [3.05, 3.63) is 29.7 Å². The number of esters is 1. The maximum absolute atomic E-state index is 12.1. The van der Waals surface area contributed by atoms with Crippen molar-refractivity contribution in [1.82, 2.24) is 4.90 Å². The molecule has 1 saturated heterocycles. The second-order valence-electron chi connectivity index (χ2n) is 5.13. The van der Waals surface area contributed by atoms with E-state index in [4.69, 9.17) is 9.15 Å². The van der Waals surface area contributed by atoms with E-state index in [2.05, 4.69) is 0 Å². The molecule has 5 nitrogen and oxygen atoms in total. The van der Waals surface area contributed by atoms with Gasteiger partial charge in [0.2, 0.25) is 5.91 Å². The highest BCUT2D eigenvalue weighted by atomic mass is 16.5. The highest BCUT2D eigenvalue weighted by Gasteiger charge is 2.27. The van der Waals surface area contributed by atoms with E-state index in [0.717, 1.165) is 5.76 Å². The number of carbonyl (C=O) groups is 2. The number of hydrogen-bond donors (Lipinski definition) is 0. The largest absolute Gasteiger partial charge is 0.466 e. The van der Waals surface area contributed by atoms with Gasteiger partial charge in [-0.15, -0.1) is 0 Å². The Morgan fingerprint density at radius 1 is 1.38 bits per heavy atom. The van der Waals surface area contributed by atoms with Crippen LogP contribution in [0, 0.1) is 12.8 Å². The Labute approximate surface area is 124 Å². The normalized spacial score (nSPS) is 16.4. The van der Waals surface area contributed by atoms with Crippen LogP contribution in [0.1, 0.15) is 31.3 Å². The quantitative estimate of drug-likeness (QED) is 0.631. The number of amides is 1. The molecule has 1 amide bonds. The summed E-state index contributed by atoms with van der Waals surface area (Å²) in [5.41, 5.74) is 0. The van der Waals surface area contributed by atoms with Crippen LogP contribution in [-0.2, 0) is 14.3 Å². The SMILES string of the molecule is CCOC(=O)C1CCN(C(=O)C=Cc2ccc(C)o2)CC1. The number of likely N-dealkylation sites (tertiary alicyclic amines) is 1. The Balaban J connectivity index is 1.83. The summed E-state index contributed by atoms with van der Waals surface area (Å²) in [6, 6.07) is 3.68. The monoisotopic (exact) mass is 291 g/mol. The Kier molecular flexibility index (Phi) is 5.20. The number of aryl methyl sites for hydroxylation is 1. The average molecular weight is 291 g/mol. The summed E-state index contributed by atoms with van der Waals surface area (Å²) in [7, 11) is 0. The first-order chi connectivity index (χ1) is 10.1. The van der Waals surface area contributed by atoms with Gasteiger partial charge in [-0.25, -0.2) is 0 Å². The summed E-state index contributed by atoms with van der Waals surface area (Å²) in [5, 5.41) is 0. The highest BCUT2D eigenvalue weighted by molar-refractivity contribution is 5.91. The summed E-state index contributed by atoms with van der Waals surface area (Å²) >= 11 is 0. The van der Waals surface area contributed by atoms with Crippen LogP contribution in [0.2, 0.25) is 0 Å². The van der Waals surface area contributed by atoms with Crippen LogP contribution in [0.5, 0.6) is 0 Å². The van der Waals surface area contributed by atoms with Gasteiger partial charge in [0.15, 0.2) is 0 Å².